The second-order valence-electron chi connectivity index (χ2n) is 8.02. The van der Waals surface area contributed by atoms with Crippen molar-refractivity contribution < 1.29 is 19.1 Å². The molecule has 0 radical (unpaired) electrons. The fourth-order valence-corrected chi connectivity index (χ4v) is 3.93. The van der Waals surface area contributed by atoms with Gasteiger partial charge in [-0.05, 0) is 17.7 Å². The topological polar surface area (TPSA) is 145 Å². The number of nitrogens with two attached hydrogens (primary N) is 1. The third kappa shape index (κ3) is 4.54. The molecule has 0 saturated heterocycles. The summed E-state index contributed by atoms with van der Waals surface area (Å²) in [6, 6.07) is 16.3. The molecule has 2 aromatic carbocycles. The van der Waals surface area contributed by atoms with Gasteiger partial charge in [0.25, 0.3) is 17.4 Å². The molecule has 3 N–H and O–H groups in total. The van der Waals surface area contributed by atoms with E-state index < -0.39 is 11.7 Å². The maximum atomic E-state index is 12.9. The van der Waals surface area contributed by atoms with Crippen molar-refractivity contribution in [1.82, 2.24) is 24.4 Å². The van der Waals surface area contributed by atoms with Crippen LogP contribution in [-0.4, -0.2) is 55.5 Å². The smallest absolute Gasteiger partial charge is 0.278 e. The Hall–Kier alpha value is -4.35. The number of fused-ring (bicyclic) bond motifs is 2. The Labute approximate surface area is 199 Å². The second kappa shape index (κ2) is 9.49. The maximum absolute atomic E-state index is 12.9. The van der Waals surface area contributed by atoms with Gasteiger partial charge in [-0.15, -0.1) is 0 Å². The average Bonchev–Trinajstić information content (AvgIpc) is 3.37. The van der Waals surface area contributed by atoms with Gasteiger partial charge in [-0.3, -0.25) is 24.3 Å². The van der Waals surface area contributed by atoms with E-state index in [0.29, 0.717) is 17.7 Å². The van der Waals surface area contributed by atoms with Crippen molar-refractivity contribution >= 4 is 28.9 Å². The number of hydrogen-bond acceptors (Lipinski definition) is 8. The van der Waals surface area contributed by atoms with Crippen molar-refractivity contribution in [3.05, 3.63) is 88.0 Å². The van der Waals surface area contributed by atoms with Crippen molar-refractivity contribution in [2.24, 2.45) is 0 Å². The molecule has 0 aliphatic carbocycles. The molecule has 1 unspecified atom stereocenters. The van der Waals surface area contributed by atoms with Crippen LogP contribution in [0.2, 0.25) is 0 Å². The highest BCUT2D eigenvalue weighted by atomic mass is 16.5. The van der Waals surface area contributed by atoms with Gasteiger partial charge in [-0.25, -0.2) is 4.98 Å². The Morgan fingerprint density at radius 1 is 0.971 bits per heavy atom. The van der Waals surface area contributed by atoms with Crippen molar-refractivity contribution in [2.45, 2.75) is 19.4 Å². The number of amides is 2. The highest BCUT2D eigenvalue weighted by molar-refractivity contribution is 6.21. The van der Waals surface area contributed by atoms with E-state index in [4.69, 9.17) is 15.2 Å². The summed E-state index contributed by atoms with van der Waals surface area (Å²) in [5.74, 6) is -0.801. The molecule has 2 amide bonds. The molecule has 35 heavy (non-hydrogen) atoms. The minimum atomic E-state index is -0.667. The second-order valence-corrected chi connectivity index (χ2v) is 8.02. The summed E-state index contributed by atoms with van der Waals surface area (Å²) in [5, 5.41) is 0. The van der Waals surface area contributed by atoms with Crippen LogP contribution >= 0.6 is 0 Å². The standard InChI is InChI=1S/C24H22N6O5/c25-24-27-20-19(21(31)28-24)29(13-26-20)14-35-16(12-34-11-15-6-2-1-3-7-15)10-30-22(32)17-8-4-5-9-18(17)23(30)33/h1-9,13,16H,10-12,14H2,(H3,25,27,28,31). The van der Waals surface area contributed by atoms with Gasteiger partial charge in [0.15, 0.2) is 11.2 Å². The first-order valence-corrected chi connectivity index (χ1v) is 10.9. The first kappa shape index (κ1) is 22.4. The monoisotopic (exact) mass is 474 g/mol. The van der Waals surface area contributed by atoms with Gasteiger partial charge in [0, 0.05) is 0 Å². The van der Waals surface area contributed by atoms with E-state index >= 15 is 0 Å². The lowest BCUT2D eigenvalue weighted by molar-refractivity contribution is -0.0551. The number of imide groups is 1. The predicted octanol–water partition coefficient (Wildman–Crippen LogP) is 1.56. The zero-order valence-electron chi connectivity index (χ0n) is 18.6. The summed E-state index contributed by atoms with van der Waals surface area (Å²) in [6.45, 7) is 0.346. The molecule has 178 valence electrons. The number of aromatic nitrogens is 4. The summed E-state index contributed by atoms with van der Waals surface area (Å²) in [6.07, 6.45) is 0.746. The Balaban J connectivity index is 1.33. The van der Waals surface area contributed by atoms with Crippen LogP contribution in [0.25, 0.3) is 11.2 Å². The zero-order chi connectivity index (χ0) is 24.4. The molecule has 5 rings (SSSR count). The fraction of sp³-hybridized carbons (Fsp3) is 0.208. The zero-order valence-corrected chi connectivity index (χ0v) is 18.6. The third-order valence-corrected chi connectivity index (χ3v) is 5.63. The number of carbonyl (C=O) groups is 2. The van der Waals surface area contributed by atoms with Gasteiger partial charge in [-0.2, -0.15) is 4.98 Å². The number of benzene rings is 2. The summed E-state index contributed by atoms with van der Waals surface area (Å²) >= 11 is 0. The Morgan fingerprint density at radius 3 is 2.37 bits per heavy atom. The van der Waals surface area contributed by atoms with E-state index in [-0.39, 0.29) is 48.8 Å². The van der Waals surface area contributed by atoms with Gasteiger partial charge in [0.05, 0.1) is 37.2 Å². The van der Waals surface area contributed by atoms with Gasteiger partial charge in [0.2, 0.25) is 5.95 Å². The third-order valence-electron chi connectivity index (χ3n) is 5.63. The van der Waals surface area contributed by atoms with Gasteiger partial charge in [0.1, 0.15) is 12.8 Å². The van der Waals surface area contributed by atoms with E-state index in [2.05, 4.69) is 15.0 Å². The van der Waals surface area contributed by atoms with E-state index in [0.717, 1.165) is 10.5 Å². The number of nitrogen functional groups attached to an aromatic ring is 1. The van der Waals surface area contributed by atoms with Gasteiger partial charge >= 0.3 is 0 Å². The summed E-state index contributed by atoms with van der Waals surface area (Å²) in [4.78, 5) is 49.7. The van der Waals surface area contributed by atoms with Crippen molar-refractivity contribution in [3.8, 4) is 0 Å². The highest BCUT2D eigenvalue weighted by Gasteiger charge is 2.36. The Morgan fingerprint density at radius 2 is 1.66 bits per heavy atom. The number of aromatic amines is 1. The molecular formula is C24H22N6O5. The van der Waals surface area contributed by atoms with Gasteiger partial charge < -0.3 is 19.8 Å². The van der Waals surface area contributed by atoms with E-state index in [1.165, 1.54) is 10.9 Å². The average molecular weight is 474 g/mol. The largest absolute Gasteiger partial charge is 0.374 e. The molecule has 1 atom stereocenters. The van der Waals surface area contributed by atoms with Crippen molar-refractivity contribution in [3.63, 3.8) is 0 Å². The van der Waals surface area contributed by atoms with Crippen LogP contribution in [0.3, 0.4) is 0 Å². The number of anilines is 1. The number of rotatable bonds is 9. The minimum absolute atomic E-state index is 0.0185. The molecule has 0 fully saturated rings. The molecule has 1 aliphatic heterocycles. The molecule has 0 saturated carbocycles. The number of imidazole rings is 1. The first-order chi connectivity index (χ1) is 17.0. The lowest BCUT2D eigenvalue weighted by Crippen LogP contribution is -2.40. The summed E-state index contributed by atoms with van der Waals surface area (Å²) < 4.78 is 13.3. The SMILES string of the molecule is Nc1nc2ncn(COC(COCc3ccccc3)CN3C(=O)c4ccccc4C3=O)c2c(=O)[nH]1. The van der Waals surface area contributed by atoms with Crippen LogP contribution in [0.4, 0.5) is 5.95 Å². The highest BCUT2D eigenvalue weighted by Crippen LogP contribution is 2.23. The van der Waals surface area contributed by atoms with E-state index in [1.54, 1.807) is 24.3 Å². The van der Waals surface area contributed by atoms with Crippen LogP contribution in [-0.2, 0) is 22.8 Å². The van der Waals surface area contributed by atoms with Crippen LogP contribution in [0, 0.1) is 0 Å². The predicted molar refractivity (Wildman–Crippen MR) is 125 cm³/mol. The van der Waals surface area contributed by atoms with Crippen molar-refractivity contribution in [2.75, 3.05) is 18.9 Å². The normalized spacial score (nSPS) is 14.0. The molecule has 11 nitrogen and oxygen atoms in total. The van der Waals surface area contributed by atoms with Crippen LogP contribution in [0.1, 0.15) is 26.3 Å². The lowest BCUT2D eigenvalue weighted by Gasteiger charge is -2.23. The van der Waals surface area contributed by atoms with Gasteiger partial charge in [-0.1, -0.05) is 42.5 Å². The molecule has 0 bridgehead atoms. The van der Waals surface area contributed by atoms with Crippen LogP contribution in [0.5, 0.6) is 0 Å². The molecule has 11 heteroatoms. The molecule has 1 aliphatic rings. The number of nitrogens with zero attached hydrogens (tertiary/aromatic N) is 4. The Kier molecular flexibility index (Phi) is 6.08. The number of H-pyrrole nitrogens is 1. The summed E-state index contributed by atoms with van der Waals surface area (Å²) in [5.41, 5.74) is 7.20. The molecule has 0 spiro atoms. The molecule has 3 heterocycles. The number of nitrogens with one attached hydrogen (secondary N) is 1. The Bertz CT molecular complexity index is 1410. The number of carbonyl (C=O) groups excluding carboxylic acids is 2. The molecule has 2 aromatic heterocycles. The maximum Gasteiger partial charge on any atom is 0.278 e. The summed E-state index contributed by atoms with van der Waals surface area (Å²) in [7, 11) is 0. The first-order valence-electron chi connectivity index (χ1n) is 10.9. The van der Waals surface area contributed by atoms with Crippen LogP contribution in [0.15, 0.2) is 65.7 Å². The minimum Gasteiger partial charge on any atom is -0.374 e. The molecule has 4 aromatic rings. The quantitative estimate of drug-likeness (QED) is 0.348. The molecular weight excluding hydrogens is 452 g/mol. The lowest BCUT2D eigenvalue weighted by atomic mass is 10.1. The number of hydrogen-bond donors (Lipinski definition) is 2. The van der Waals surface area contributed by atoms with Crippen molar-refractivity contribution in [1.29, 1.82) is 0 Å². The fourth-order valence-electron chi connectivity index (χ4n) is 3.93. The number of ether oxygens (including phenoxy) is 2. The van der Waals surface area contributed by atoms with Crippen LogP contribution < -0.4 is 11.3 Å². The van der Waals surface area contributed by atoms with E-state index in [9.17, 15) is 14.4 Å². The van der Waals surface area contributed by atoms with E-state index in [1.807, 2.05) is 30.3 Å².